The summed E-state index contributed by atoms with van der Waals surface area (Å²) >= 11 is 0. The van der Waals surface area contributed by atoms with Crippen LogP contribution in [0.25, 0.3) is 11.0 Å². The first-order valence-corrected chi connectivity index (χ1v) is 6.26. The summed E-state index contributed by atoms with van der Waals surface area (Å²) < 4.78 is 13.5. The Morgan fingerprint density at radius 1 is 1.50 bits per heavy atom. The quantitative estimate of drug-likeness (QED) is 0.851. The fourth-order valence-electron chi connectivity index (χ4n) is 2.51. The van der Waals surface area contributed by atoms with Crippen LogP contribution < -0.4 is 0 Å². The van der Waals surface area contributed by atoms with Gasteiger partial charge in [-0.2, -0.15) is 0 Å². The van der Waals surface area contributed by atoms with Gasteiger partial charge in [-0.05, 0) is 31.5 Å². The second-order valence-corrected chi connectivity index (χ2v) is 4.85. The lowest BCUT2D eigenvalue weighted by atomic mass is 10.1. The molecule has 1 unspecified atom stereocenters. The van der Waals surface area contributed by atoms with Gasteiger partial charge in [0.1, 0.15) is 11.3 Å². The molecule has 0 saturated carbocycles. The number of nitrogens with one attached hydrogen (secondary N) is 1. The molecule has 5 heteroatoms. The van der Waals surface area contributed by atoms with Crippen LogP contribution in [0.1, 0.15) is 18.7 Å². The maximum absolute atomic E-state index is 13.5. The lowest BCUT2D eigenvalue weighted by Gasteiger charge is -2.29. The zero-order valence-corrected chi connectivity index (χ0v) is 10.1. The molecule has 1 fully saturated rings. The lowest BCUT2D eigenvalue weighted by molar-refractivity contribution is 0.0657. The molecule has 4 nitrogen and oxygen atoms in total. The van der Waals surface area contributed by atoms with Gasteiger partial charge in [0.25, 0.3) is 0 Å². The van der Waals surface area contributed by atoms with Crippen LogP contribution in [-0.2, 0) is 6.54 Å². The van der Waals surface area contributed by atoms with E-state index in [9.17, 15) is 9.50 Å². The largest absolute Gasteiger partial charge is 0.392 e. The van der Waals surface area contributed by atoms with Crippen molar-refractivity contribution in [2.45, 2.75) is 25.5 Å². The average molecular weight is 249 g/mol. The van der Waals surface area contributed by atoms with E-state index in [4.69, 9.17) is 0 Å². The number of nitrogens with zero attached hydrogens (tertiary/aromatic N) is 2. The number of piperidine rings is 1. The predicted octanol–water partition coefficient (Wildman–Crippen LogP) is 1.66. The number of benzene rings is 1. The van der Waals surface area contributed by atoms with E-state index >= 15 is 0 Å². The van der Waals surface area contributed by atoms with E-state index < -0.39 is 0 Å². The third-order valence-electron chi connectivity index (χ3n) is 3.37. The number of aliphatic hydroxyl groups excluding tert-OH is 1. The minimum Gasteiger partial charge on any atom is -0.392 e. The summed E-state index contributed by atoms with van der Waals surface area (Å²) in [6.07, 6.45) is 1.61. The molecule has 1 aromatic heterocycles. The second kappa shape index (κ2) is 4.66. The molecule has 2 aromatic rings. The Morgan fingerprint density at radius 3 is 3.17 bits per heavy atom. The number of imidazole rings is 1. The van der Waals surface area contributed by atoms with Crippen LogP contribution in [0, 0.1) is 5.82 Å². The predicted molar refractivity (Wildman–Crippen MR) is 66.6 cm³/mol. The molecule has 0 radical (unpaired) electrons. The van der Waals surface area contributed by atoms with Crippen molar-refractivity contribution in [1.29, 1.82) is 0 Å². The zero-order valence-electron chi connectivity index (χ0n) is 10.1. The van der Waals surface area contributed by atoms with Crippen molar-refractivity contribution in [3.05, 3.63) is 29.8 Å². The van der Waals surface area contributed by atoms with Crippen LogP contribution >= 0.6 is 0 Å². The number of H-pyrrole nitrogens is 1. The molecule has 18 heavy (non-hydrogen) atoms. The summed E-state index contributed by atoms with van der Waals surface area (Å²) in [6.45, 7) is 2.25. The van der Waals surface area contributed by atoms with E-state index in [2.05, 4.69) is 14.9 Å². The molecule has 0 aliphatic carbocycles. The molecule has 1 aromatic carbocycles. The first-order valence-electron chi connectivity index (χ1n) is 6.26. The highest BCUT2D eigenvalue weighted by Gasteiger charge is 2.19. The number of likely N-dealkylation sites (tertiary alicyclic amines) is 1. The first kappa shape index (κ1) is 11.6. The molecule has 2 N–H and O–H groups in total. The number of rotatable bonds is 2. The minimum absolute atomic E-state index is 0.250. The molecular formula is C13H16FN3O. The summed E-state index contributed by atoms with van der Waals surface area (Å²) in [6, 6.07) is 4.90. The minimum atomic E-state index is -0.298. The third kappa shape index (κ3) is 2.23. The summed E-state index contributed by atoms with van der Waals surface area (Å²) in [7, 11) is 0. The topological polar surface area (TPSA) is 52.1 Å². The van der Waals surface area contributed by atoms with Crippen LogP contribution in [0.5, 0.6) is 0 Å². The summed E-state index contributed by atoms with van der Waals surface area (Å²) in [5.41, 5.74) is 1.12. The Labute approximate surface area is 104 Å². The molecule has 1 atom stereocenters. The molecule has 96 valence electrons. The van der Waals surface area contributed by atoms with Crippen molar-refractivity contribution in [3.63, 3.8) is 0 Å². The summed E-state index contributed by atoms with van der Waals surface area (Å²) in [5.74, 6) is 0.456. The number of hydrogen-bond donors (Lipinski definition) is 2. The highest BCUT2D eigenvalue weighted by molar-refractivity contribution is 5.75. The van der Waals surface area contributed by atoms with Crippen molar-refractivity contribution in [2.75, 3.05) is 13.1 Å². The van der Waals surface area contributed by atoms with Crippen molar-refractivity contribution >= 4 is 11.0 Å². The number of aromatic nitrogens is 2. The number of hydrogen-bond acceptors (Lipinski definition) is 3. The van der Waals surface area contributed by atoms with Crippen molar-refractivity contribution < 1.29 is 9.50 Å². The fraction of sp³-hybridized carbons (Fsp3) is 0.462. The van der Waals surface area contributed by atoms with Gasteiger partial charge in [-0.3, -0.25) is 4.90 Å². The van der Waals surface area contributed by atoms with Gasteiger partial charge >= 0.3 is 0 Å². The van der Waals surface area contributed by atoms with Crippen molar-refractivity contribution in [2.24, 2.45) is 0 Å². The molecule has 1 saturated heterocycles. The SMILES string of the molecule is OC1CCCN(Cc2nc3c(F)cccc3[nH]2)C1. The molecule has 0 bridgehead atoms. The molecule has 1 aliphatic heterocycles. The number of β-amino-alcohol motifs (C(OH)–C–C–N with tert-alkyl or cyclic N) is 1. The van der Waals surface area contributed by atoms with Gasteiger partial charge in [-0.25, -0.2) is 9.37 Å². The molecule has 1 aliphatic rings. The Balaban J connectivity index is 1.80. The molecular weight excluding hydrogens is 233 g/mol. The van der Waals surface area contributed by atoms with Crippen molar-refractivity contribution in [1.82, 2.24) is 14.9 Å². The lowest BCUT2D eigenvalue weighted by Crippen LogP contribution is -2.37. The van der Waals surface area contributed by atoms with Crippen LogP contribution in [0.15, 0.2) is 18.2 Å². The van der Waals surface area contributed by atoms with E-state index in [1.54, 1.807) is 6.07 Å². The number of aromatic amines is 1. The van der Waals surface area contributed by atoms with Crippen LogP contribution in [0.2, 0.25) is 0 Å². The van der Waals surface area contributed by atoms with Gasteiger partial charge in [0, 0.05) is 6.54 Å². The fourth-order valence-corrected chi connectivity index (χ4v) is 2.51. The smallest absolute Gasteiger partial charge is 0.151 e. The highest BCUT2D eigenvalue weighted by atomic mass is 19.1. The summed E-state index contributed by atoms with van der Waals surface area (Å²) in [4.78, 5) is 9.54. The van der Waals surface area contributed by atoms with Crippen LogP contribution in [0.4, 0.5) is 4.39 Å². The molecule has 0 spiro atoms. The summed E-state index contributed by atoms with van der Waals surface area (Å²) in [5, 5.41) is 9.61. The number of fused-ring (bicyclic) bond motifs is 1. The highest BCUT2D eigenvalue weighted by Crippen LogP contribution is 2.17. The molecule has 2 heterocycles. The second-order valence-electron chi connectivity index (χ2n) is 4.85. The number of para-hydroxylation sites is 1. The van der Waals surface area contributed by atoms with Crippen LogP contribution in [0.3, 0.4) is 0 Å². The van der Waals surface area contributed by atoms with Gasteiger partial charge < -0.3 is 10.1 Å². The van der Waals surface area contributed by atoms with Gasteiger partial charge in [-0.1, -0.05) is 6.07 Å². The molecule has 3 rings (SSSR count). The standard InChI is InChI=1S/C13H16FN3O/c14-10-4-1-5-11-13(10)16-12(15-11)8-17-6-2-3-9(18)7-17/h1,4-5,9,18H,2-3,6-8H2,(H,15,16). The van der Waals surface area contributed by atoms with E-state index in [1.165, 1.54) is 6.07 Å². The number of halogens is 1. The van der Waals surface area contributed by atoms with E-state index in [0.29, 0.717) is 18.6 Å². The van der Waals surface area contributed by atoms with E-state index in [1.807, 2.05) is 6.07 Å². The Hall–Kier alpha value is -1.46. The normalized spacial score (nSPS) is 21.6. The average Bonchev–Trinajstić information content (AvgIpc) is 2.73. The monoisotopic (exact) mass is 249 g/mol. The maximum Gasteiger partial charge on any atom is 0.151 e. The Morgan fingerprint density at radius 2 is 2.39 bits per heavy atom. The third-order valence-corrected chi connectivity index (χ3v) is 3.37. The molecule has 0 amide bonds. The van der Waals surface area contributed by atoms with Gasteiger partial charge in [0.15, 0.2) is 5.82 Å². The number of aliphatic hydroxyl groups is 1. The zero-order chi connectivity index (χ0) is 12.5. The van der Waals surface area contributed by atoms with Crippen LogP contribution in [-0.4, -0.2) is 39.2 Å². The van der Waals surface area contributed by atoms with E-state index in [0.717, 1.165) is 30.7 Å². The van der Waals surface area contributed by atoms with Gasteiger partial charge in [0.2, 0.25) is 0 Å². The van der Waals surface area contributed by atoms with Crippen molar-refractivity contribution in [3.8, 4) is 0 Å². The van der Waals surface area contributed by atoms with Gasteiger partial charge in [0.05, 0.1) is 18.2 Å². The Bertz CT molecular complexity index is 554. The van der Waals surface area contributed by atoms with Gasteiger partial charge in [-0.15, -0.1) is 0 Å². The Kier molecular flexibility index (Phi) is 3.01. The first-order chi connectivity index (χ1) is 8.72. The van der Waals surface area contributed by atoms with E-state index in [-0.39, 0.29) is 11.9 Å². The maximum atomic E-state index is 13.5.